The summed E-state index contributed by atoms with van der Waals surface area (Å²) in [5, 5.41) is 2.55. The van der Waals surface area contributed by atoms with E-state index >= 15 is 0 Å². The number of carbonyl (C=O) groups excluding carboxylic acids is 1. The van der Waals surface area contributed by atoms with E-state index < -0.39 is 0 Å². The molecule has 0 aliphatic carbocycles. The minimum absolute atomic E-state index is 0.0348. The van der Waals surface area contributed by atoms with Crippen LogP contribution in [0.1, 0.15) is 17.4 Å². The maximum absolute atomic E-state index is 13.4. The average molecular weight is 448 g/mol. The number of aromatic nitrogens is 2. The number of hydrogen-bond donors (Lipinski definition) is 0. The molecule has 0 aliphatic rings. The molecule has 0 bridgehead atoms. The molecule has 32 heavy (non-hydrogen) atoms. The van der Waals surface area contributed by atoms with E-state index in [-0.39, 0.29) is 24.1 Å². The van der Waals surface area contributed by atoms with Crippen LogP contribution in [0.5, 0.6) is 5.75 Å². The number of fused-ring (bicyclic) bond motifs is 1. The van der Waals surface area contributed by atoms with Crippen LogP contribution in [0.25, 0.3) is 10.9 Å². The fourth-order valence-electron chi connectivity index (χ4n) is 3.70. The number of hydrogen-bond acceptors (Lipinski definition) is 5. The van der Waals surface area contributed by atoms with Crippen LogP contribution >= 0.6 is 11.3 Å². The van der Waals surface area contributed by atoms with Crippen molar-refractivity contribution in [1.82, 2.24) is 14.5 Å². The normalized spacial score (nSPS) is 11.9. The molecule has 1 amide bonds. The summed E-state index contributed by atoms with van der Waals surface area (Å²) in [5.74, 6) is 0.649. The quantitative estimate of drug-likeness (QED) is 0.407. The summed E-state index contributed by atoms with van der Waals surface area (Å²) in [6.07, 6.45) is 2.21. The number of amides is 1. The Morgan fingerprint density at radius 1 is 1.12 bits per heavy atom. The van der Waals surface area contributed by atoms with E-state index in [0.717, 1.165) is 17.7 Å². The summed E-state index contributed by atoms with van der Waals surface area (Å²) < 4.78 is 6.63. The molecule has 4 rings (SSSR count). The topological polar surface area (TPSA) is 64.4 Å². The molecule has 7 heteroatoms. The van der Waals surface area contributed by atoms with Crippen molar-refractivity contribution in [3.8, 4) is 5.75 Å². The Balaban J connectivity index is 1.59. The lowest BCUT2D eigenvalue weighted by Gasteiger charge is -2.30. The molecule has 0 N–H and O–H groups in total. The molecule has 4 aromatic rings. The van der Waals surface area contributed by atoms with Gasteiger partial charge in [-0.15, -0.1) is 11.3 Å². The molecule has 0 aliphatic heterocycles. The van der Waals surface area contributed by atoms with Gasteiger partial charge in [0.05, 0.1) is 24.3 Å². The number of para-hydroxylation sites is 1. The first-order chi connectivity index (χ1) is 15.5. The molecule has 6 nitrogen and oxygen atoms in total. The lowest BCUT2D eigenvalue weighted by molar-refractivity contribution is -0.134. The minimum atomic E-state index is -0.209. The molecule has 0 fully saturated rings. The van der Waals surface area contributed by atoms with E-state index in [2.05, 4.69) is 11.1 Å². The first-order valence-corrected chi connectivity index (χ1v) is 11.3. The molecular formula is C25H25N3O3S. The predicted octanol–water partition coefficient (Wildman–Crippen LogP) is 4.13. The second-order valence-electron chi connectivity index (χ2n) is 7.70. The van der Waals surface area contributed by atoms with Crippen LogP contribution in [0.2, 0.25) is 0 Å². The molecule has 2 heterocycles. The van der Waals surface area contributed by atoms with Gasteiger partial charge in [0.15, 0.2) is 0 Å². The number of ether oxygens (including phenoxy) is 1. The van der Waals surface area contributed by atoms with E-state index in [1.807, 2.05) is 53.6 Å². The Kier molecular flexibility index (Phi) is 6.66. The SMILES string of the molecule is COc1ccc(CN(C(=O)Cn2cnc3ccccc3c2=O)C(C)Cc2cccs2)cc1. The smallest absolute Gasteiger partial charge is 0.261 e. The van der Waals surface area contributed by atoms with Gasteiger partial charge in [-0.1, -0.05) is 30.3 Å². The number of methoxy groups -OCH3 is 1. The van der Waals surface area contributed by atoms with Crippen molar-refractivity contribution in [2.75, 3.05) is 7.11 Å². The lowest BCUT2D eigenvalue weighted by Crippen LogP contribution is -2.42. The van der Waals surface area contributed by atoms with Gasteiger partial charge in [-0.3, -0.25) is 14.2 Å². The van der Waals surface area contributed by atoms with Crippen LogP contribution < -0.4 is 10.3 Å². The summed E-state index contributed by atoms with van der Waals surface area (Å²) in [4.78, 5) is 33.7. The Labute approximate surface area is 190 Å². The van der Waals surface area contributed by atoms with E-state index in [1.54, 1.807) is 36.6 Å². The van der Waals surface area contributed by atoms with Gasteiger partial charge in [0.25, 0.3) is 5.56 Å². The molecule has 0 spiro atoms. The molecule has 2 aromatic heterocycles. The zero-order valence-corrected chi connectivity index (χ0v) is 18.9. The maximum Gasteiger partial charge on any atom is 0.261 e. The maximum atomic E-state index is 13.4. The Morgan fingerprint density at radius 3 is 2.62 bits per heavy atom. The zero-order valence-electron chi connectivity index (χ0n) is 18.1. The van der Waals surface area contributed by atoms with E-state index in [4.69, 9.17) is 4.74 Å². The minimum Gasteiger partial charge on any atom is -0.497 e. The molecule has 0 saturated heterocycles. The summed E-state index contributed by atoms with van der Waals surface area (Å²) >= 11 is 1.68. The number of carbonyl (C=O) groups is 1. The third kappa shape index (κ3) is 4.89. The first kappa shape index (κ1) is 21.8. The van der Waals surface area contributed by atoms with Gasteiger partial charge in [0.1, 0.15) is 12.3 Å². The van der Waals surface area contributed by atoms with Crippen LogP contribution in [-0.4, -0.2) is 33.5 Å². The van der Waals surface area contributed by atoms with Gasteiger partial charge < -0.3 is 9.64 Å². The molecule has 0 saturated carbocycles. The number of rotatable bonds is 8. The summed E-state index contributed by atoms with van der Waals surface area (Å²) in [6.45, 7) is 2.44. The van der Waals surface area contributed by atoms with Crippen LogP contribution in [0.15, 0.2) is 77.2 Å². The highest BCUT2D eigenvalue weighted by Gasteiger charge is 2.22. The molecule has 1 atom stereocenters. The van der Waals surface area contributed by atoms with E-state index in [9.17, 15) is 9.59 Å². The van der Waals surface area contributed by atoms with E-state index in [0.29, 0.717) is 17.4 Å². The largest absolute Gasteiger partial charge is 0.497 e. The summed E-state index contributed by atoms with van der Waals surface area (Å²) in [7, 11) is 1.63. The highest BCUT2D eigenvalue weighted by atomic mass is 32.1. The Morgan fingerprint density at radius 2 is 1.91 bits per heavy atom. The van der Waals surface area contributed by atoms with Crippen molar-refractivity contribution in [3.63, 3.8) is 0 Å². The van der Waals surface area contributed by atoms with Crippen molar-refractivity contribution >= 4 is 28.1 Å². The van der Waals surface area contributed by atoms with Crippen molar-refractivity contribution in [2.45, 2.75) is 32.5 Å². The number of benzene rings is 2. The standard InChI is InChI=1S/C25H25N3O3S/c1-18(14-21-6-5-13-32-21)28(15-19-9-11-20(31-2)12-10-19)24(29)16-27-17-26-23-8-4-3-7-22(23)25(27)30/h3-13,17-18H,14-16H2,1-2H3. The van der Waals surface area contributed by atoms with Crippen LogP contribution in [0.4, 0.5) is 0 Å². The third-order valence-corrected chi connectivity index (χ3v) is 6.38. The highest BCUT2D eigenvalue weighted by molar-refractivity contribution is 7.09. The van der Waals surface area contributed by atoms with Gasteiger partial charge >= 0.3 is 0 Å². The van der Waals surface area contributed by atoms with Crippen molar-refractivity contribution in [3.05, 3.63) is 93.2 Å². The van der Waals surface area contributed by atoms with E-state index in [1.165, 1.54) is 15.8 Å². The fourth-order valence-corrected chi connectivity index (χ4v) is 4.53. The van der Waals surface area contributed by atoms with Gasteiger partial charge in [0, 0.05) is 23.9 Å². The Hall–Kier alpha value is -3.45. The predicted molar refractivity (Wildman–Crippen MR) is 127 cm³/mol. The van der Waals surface area contributed by atoms with Gasteiger partial charge in [0.2, 0.25) is 5.91 Å². The average Bonchev–Trinajstić information content (AvgIpc) is 3.32. The lowest BCUT2D eigenvalue weighted by atomic mass is 10.1. The van der Waals surface area contributed by atoms with Crippen molar-refractivity contribution in [1.29, 1.82) is 0 Å². The Bertz CT molecular complexity index is 1250. The molecule has 0 radical (unpaired) electrons. The zero-order chi connectivity index (χ0) is 22.5. The number of nitrogens with zero attached hydrogens (tertiary/aromatic N) is 3. The van der Waals surface area contributed by atoms with Crippen LogP contribution in [0, 0.1) is 0 Å². The first-order valence-electron chi connectivity index (χ1n) is 10.4. The molecular weight excluding hydrogens is 422 g/mol. The molecule has 1 unspecified atom stereocenters. The third-order valence-electron chi connectivity index (χ3n) is 5.48. The van der Waals surface area contributed by atoms with Crippen molar-refractivity contribution < 1.29 is 9.53 Å². The van der Waals surface area contributed by atoms with Crippen molar-refractivity contribution in [2.24, 2.45) is 0 Å². The summed E-state index contributed by atoms with van der Waals surface area (Å²) in [5.41, 5.74) is 1.42. The second kappa shape index (κ2) is 9.78. The van der Waals surface area contributed by atoms with Crippen LogP contribution in [0.3, 0.4) is 0 Å². The molecule has 164 valence electrons. The number of thiophene rings is 1. The monoisotopic (exact) mass is 447 g/mol. The fraction of sp³-hybridized carbons (Fsp3) is 0.240. The summed E-state index contributed by atoms with van der Waals surface area (Å²) in [6, 6.07) is 18.9. The van der Waals surface area contributed by atoms with Crippen LogP contribution in [-0.2, 0) is 24.3 Å². The molecule has 2 aromatic carbocycles. The highest BCUT2D eigenvalue weighted by Crippen LogP contribution is 2.19. The van der Waals surface area contributed by atoms with Gasteiger partial charge in [-0.25, -0.2) is 4.98 Å². The van der Waals surface area contributed by atoms with Gasteiger partial charge in [-0.05, 0) is 48.2 Å². The second-order valence-corrected chi connectivity index (χ2v) is 8.73. The van der Waals surface area contributed by atoms with Gasteiger partial charge in [-0.2, -0.15) is 0 Å².